The molecule has 140 valence electrons. The van der Waals surface area contributed by atoms with Gasteiger partial charge in [0.1, 0.15) is 17.6 Å². The summed E-state index contributed by atoms with van der Waals surface area (Å²) in [5.74, 6) is -0.341. The molecule has 1 fully saturated rings. The van der Waals surface area contributed by atoms with E-state index in [9.17, 15) is 9.59 Å². The average Bonchev–Trinajstić information content (AvgIpc) is 3.12. The second-order valence-electron chi connectivity index (χ2n) is 6.40. The summed E-state index contributed by atoms with van der Waals surface area (Å²) in [5, 5.41) is 3.98. The molecule has 0 radical (unpaired) electrons. The summed E-state index contributed by atoms with van der Waals surface area (Å²) < 4.78 is 1.77. The van der Waals surface area contributed by atoms with Crippen molar-refractivity contribution in [2.24, 2.45) is 0 Å². The van der Waals surface area contributed by atoms with E-state index < -0.39 is 0 Å². The number of benzene rings is 1. The van der Waals surface area contributed by atoms with E-state index in [1.54, 1.807) is 24.3 Å². The van der Waals surface area contributed by atoms with Crippen molar-refractivity contribution >= 4 is 50.0 Å². The minimum Gasteiger partial charge on any atom is -0.348 e. The number of thiazole rings is 1. The molecule has 1 aliphatic heterocycles. The monoisotopic (exact) mass is 403 g/mol. The van der Waals surface area contributed by atoms with Crippen LogP contribution in [0.2, 0.25) is 5.02 Å². The summed E-state index contributed by atoms with van der Waals surface area (Å²) in [6, 6.07) is 6.96. The molecule has 2 aromatic heterocycles. The zero-order valence-electron chi connectivity index (χ0n) is 14.5. The summed E-state index contributed by atoms with van der Waals surface area (Å²) in [6.45, 7) is 1.77. The highest BCUT2D eigenvalue weighted by Crippen LogP contribution is 2.27. The van der Waals surface area contributed by atoms with E-state index in [2.05, 4.69) is 20.2 Å². The van der Waals surface area contributed by atoms with Crippen LogP contribution >= 0.6 is 22.9 Å². The zero-order chi connectivity index (χ0) is 18.8. The largest absolute Gasteiger partial charge is 0.348 e. The van der Waals surface area contributed by atoms with Crippen LogP contribution in [-0.2, 0) is 11.3 Å². The summed E-state index contributed by atoms with van der Waals surface area (Å²) in [7, 11) is 0. The van der Waals surface area contributed by atoms with Gasteiger partial charge in [0.25, 0.3) is 5.56 Å². The Morgan fingerprint density at radius 2 is 2.00 bits per heavy atom. The van der Waals surface area contributed by atoms with Gasteiger partial charge in [-0.15, -0.1) is 0 Å². The van der Waals surface area contributed by atoms with E-state index in [0.717, 1.165) is 31.1 Å². The molecule has 27 heavy (non-hydrogen) atoms. The second kappa shape index (κ2) is 7.66. The third-order valence-corrected chi connectivity index (χ3v) is 5.88. The van der Waals surface area contributed by atoms with Crippen molar-refractivity contribution in [1.82, 2.24) is 14.5 Å². The molecular weight excluding hydrogens is 386 g/mol. The van der Waals surface area contributed by atoms with Crippen LogP contribution in [0.1, 0.15) is 19.3 Å². The average molecular weight is 404 g/mol. The Balaban J connectivity index is 1.55. The highest BCUT2D eigenvalue weighted by Gasteiger charge is 2.18. The zero-order valence-corrected chi connectivity index (χ0v) is 16.1. The molecule has 0 saturated carbocycles. The van der Waals surface area contributed by atoms with Crippen LogP contribution < -0.4 is 15.8 Å². The van der Waals surface area contributed by atoms with Crippen LogP contribution in [0.3, 0.4) is 0 Å². The number of amides is 1. The highest BCUT2D eigenvalue weighted by atomic mass is 35.5. The van der Waals surface area contributed by atoms with Crippen LogP contribution in [0.5, 0.6) is 0 Å². The predicted octanol–water partition coefficient (Wildman–Crippen LogP) is 3.14. The molecule has 4 rings (SSSR count). The van der Waals surface area contributed by atoms with Crippen molar-refractivity contribution in [1.29, 1.82) is 0 Å². The first kappa shape index (κ1) is 17.9. The number of para-hydroxylation sites is 1. The summed E-state index contributed by atoms with van der Waals surface area (Å²) >= 11 is 7.39. The normalized spacial score (nSPS) is 14.5. The first-order chi connectivity index (χ1) is 13.1. The van der Waals surface area contributed by atoms with Gasteiger partial charge in [0.05, 0.1) is 10.7 Å². The lowest BCUT2D eigenvalue weighted by atomic mass is 10.1. The highest BCUT2D eigenvalue weighted by molar-refractivity contribution is 7.22. The summed E-state index contributed by atoms with van der Waals surface area (Å²) in [5.41, 5.74) is 0.694. The van der Waals surface area contributed by atoms with E-state index >= 15 is 0 Å². The number of aromatic nitrogens is 3. The topological polar surface area (TPSA) is 80.1 Å². The summed E-state index contributed by atoms with van der Waals surface area (Å²) in [6.07, 6.45) is 4.87. The number of rotatable bonds is 4. The Labute approximate surface area is 164 Å². The Kier molecular flexibility index (Phi) is 5.09. The Bertz CT molecular complexity index is 1040. The molecule has 1 N–H and O–H groups in total. The fourth-order valence-electron chi connectivity index (χ4n) is 3.08. The van der Waals surface area contributed by atoms with Gasteiger partial charge in [0, 0.05) is 13.1 Å². The van der Waals surface area contributed by atoms with Gasteiger partial charge in [-0.05, 0) is 31.4 Å². The number of nitrogens with zero attached hydrogens (tertiary/aromatic N) is 4. The minimum absolute atomic E-state index is 0.135. The number of fused-ring (bicyclic) bond motifs is 1. The number of anilines is 2. The van der Waals surface area contributed by atoms with Crippen molar-refractivity contribution in [3.05, 3.63) is 46.0 Å². The lowest BCUT2D eigenvalue weighted by molar-refractivity contribution is -0.116. The number of nitrogens with one attached hydrogen (secondary N) is 1. The number of carbonyl (C=O) groups is 1. The van der Waals surface area contributed by atoms with Gasteiger partial charge < -0.3 is 10.2 Å². The van der Waals surface area contributed by atoms with Gasteiger partial charge >= 0.3 is 0 Å². The molecule has 0 unspecified atom stereocenters. The molecule has 0 atom stereocenters. The Hall–Kier alpha value is -2.45. The van der Waals surface area contributed by atoms with Crippen molar-refractivity contribution in [2.45, 2.75) is 25.8 Å². The quantitative estimate of drug-likeness (QED) is 0.723. The van der Waals surface area contributed by atoms with Crippen LogP contribution in [0.25, 0.3) is 10.3 Å². The maximum absolute atomic E-state index is 12.7. The van der Waals surface area contributed by atoms with E-state index in [-0.39, 0.29) is 18.0 Å². The molecule has 3 aromatic rings. The molecule has 3 heterocycles. The maximum Gasteiger partial charge on any atom is 0.273 e. The fourth-order valence-corrected chi connectivity index (χ4v) is 4.28. The minimum atomic E-state index is -0.341. The molecule has 1 saturated heterocycles. The number of carbonyl (C=O) groups excluding carboxylic acids is 1. The van der Waals surface area contributed by atoms with Gasteiger partial charge in [0.15, 0.2) is 10.8 Å². The Morgan fingerprint density at radius 1 is 1.22 bits per heavy atom. The smallest absolute Gasteiger partial charge is 0.273 e. The van der Waals surface area contributed by atoms with E-state index in [1.165, 1.54) is 28.7 Å². The van der Waals surface area contributed by atoms with Crippen molar-refractivity contribution in [3.8, 4) is 0 Å². The SMILES string of the molecule is O=C(Cn1cnc2nc(N3CCCCC3)sc2c1=O)Nc1ccccc1Cl. The van der Waals surface area contributed by atoms with Gasteiger partial charge in [0.2, 0.25) is 5.91 Å². The van der Waals surface area contributed by atoms with Gasteiger partial charge in [-0.1, -0.05) is 35.1 Å². The third-order valence-electron chi connectivity index (χ3n) is 4.46. The van der Waals surface area contributed by atoms with Crippen LogP contribution in [0.4, 0.5) is 10.8 Å². The first-order valence-electron chi connectivity index (χ1n) is 8.77. The predicted molar refractivity (Wildman–Crippen MR) is 108 cm³/mol. The molecule has 1 aromatic carbocycles. The van der Waals surface area contributed by atoms with Crippen molar-refractivity contribution in [2.75, 3.05) is 23.3 Å². The number of halogens is 1. The number of hydrogen-bond donors (Lipinski definition) is 1. The molecule has 0 spiro atoms. The lowest BCUT2D eigenvalue weighted by Crippen LogP contribution is -2.29. The van der Waals surface area contributed by atoms with Crippen LogP contribution in [0, 0.1) is 0 Å². The standard InChI is InChI=1S/C18H18ClN5O2S/c19-12-6-2-3-7-13(12)21-14(25)10-24-11-20-16-15(17(24)26)27-18(22-16)23-8-4-1-5-9-23/h2-3,6-7,11H,1,4-5,8-10H2,(H,21,25). The molecule has 0 bridgehead atoms. The van der Waals surface area contributed by atoms with Crippen molar-refractivity contribution < 1.29 is 4.79 Å². The van der Waals surface area contributed by atoms with E-state index in [1.807, 2.05) is 0 Å². The van der Waals surface area contributed by atoms with Gasteiger partial charge in [-0.25, -0.2) is 4.98 Å². The van der Waals surface area contributed by atoms with Gasteiger partial charge in [-0.2, -0.15) is 4.98 Å². The molecule has 9 heteroatoms. The second-order valence-corrected chi connectivity index (χ2v) is 7.79. The van der Waals surface area contributed by atoms with Crippen LogP contribution in [-0.4, -0.2) is 33.5 Å². The van der Waals surface area contributed by atoms with Crippen molar-refractivity contribution in [3.63, 3.8) is 0 Å². The number of piperidine rings is 1. The van der Waals surface area contributed by atoms with Gasteiger partial charge in [-0.3, -0.25) is 14.2 Å². The van der Waals surface area contributed by atoms with Crippen LogP contribution in [0.15, 0.2) is 35.4 Å². The summed E-state index contributed by atoms with van der Waals surface area (Å²) in [4.78, 5) is 36.0. The molecule has 7 nitrogen and oxygen atoms in total. The molecule has 0 aliphatic carbocycles. The lowest BCUT2D eigenvalue weighted by Gasteiger charge is -2.25. The molecule has 1 amide bonds. The Morgan fingerprint density at radius 3 is 2.78 bits per heavy atom. The molecular formula is C18H18ClN5O2S. The molecule has 1 aliphatic rings. The van der Waals surface area contributed by atoms with E-state index in [4.69, 9.17) is 11.6 Å². The maximum atomic E-state index is 12.7. The fraction of sp³-hybridized carbons (Fsp3) is 0.333. The van der Waals surface area contributed by atoms with E-state index in [0.29, 0.717) is 21.1 Å². The third kappa shape index (κ3) is 3.81. The first-order valence-corrected chi connectivity index (χ1v) is 9.96. The number of hydrogen-bond acceptors (Lipinski definition) is 6.